The van der Waals surface area contributed by atoms with Crippen molar-refractivity contribution in [3.63, 3.8) is 0 Å². The molecule has 20 rings (SSSR count). The first-order chi connectivity index (χ1) is 52.5. The van der Waals surface area contributed by atoms with Gasteiger partial charge in [-0.2, -0.15) is 0 Å². The van der Waals surface area contributed by atoms with Gasteiger partial charge in [0, 0.05) is 66.3 Å². The van der Waals surface area contributed by atoms with Crippen LogP contribution in [0.15, 0.2) is 400 Å². The molecule has 0 saturated carbocycles. The summed E-state index contributed by atoms with van der Waals surface area (Å²) in [5.41, 5.74) is 26.5. The summed E-state index contributed by atoms with van der Waals surface area (Å²) in [6.45, 7) is 0. The van der Waals surface area contributed by atoms with Crippen molar-refractivity contribution < 1.29 is 0 Å². The molecule has 20 aromatic rings. The highest BCUT2D eigenvalue weighted by Gasteiger charge is 2.20. The van der Waals surface area contributed by atoms with Gasteiger partial charge in [0.25, 0.3) is 0 Å². The molecule has 496 valence electrons. The van der Waals surface area contributed by atoms with E-state index >= 15 is 0 Å². The molecule has 0 fully saturated rings. The number of nitrogens with zero attached hydrogens (tertiary/aromatic N) is 6. The Morgan fingerprint density at radius 3 is 0.858 bits per heavy atom. The average Bonchev–Trinajstić information content (AvgIpc) is 1.58. The smallest absolute Gasteiger partial charge is 0.160 e. The standard InChI is InChI=1S/2C50H33N3/c1-4-12-34(13-5-1)35-20-22-36(23-21-35)40-26-30-43-41(32-40)27-31-48-49(43)44-18-10-11-19-47(44)53(48)42-28-24-38(25-29-42)46-33-45(37-14-6-2-7-15-37)51-50(52-46)39-16-8-3-9-17-39;1-4-12-34(13-5-1)35-20-22-36(23-21-35)41-25-24-37-28-31-48-49(44(37)32-41)43-18-10-11-19-47(43)53(48)42-29-26-39(27-30-42)46-33-45(38-14-6-2-7-15-38)51-50(52-46)40-16-8-3-9-17-40/h2*1-33H. The van der Waals surface area contributed by atoms with Gasteiger partial charge in [-0.05, 0) is 139 Å². The molecule has 6 nitrogen and oxygen atoms in total. The van der Waals surface area contributed by atoms with Crippen LogP contribution in [-0.2, 0) is 0 Å². The van der Waals surface area contributed by atoms with Crippen LogP contribution in [0.25, 0.3) is 189 Å². The molecule has 0 bridgehead atoms. The van der Waals surface area contributed by atoms with Crippen LogP contribution in [0.3, 0.4) is 0 Å². The molecule has 16 aromatic carbocycles. The summed E-state index contributed by atoms with van der Waals surface area (Å²) in [5.74, 6) is 1.43. The quantitative estimate of drug-likeness (QED) is 0.122. The summed E-state index contributed by atoms with van der Waals surface area (Å²) in [7, 11) is 0. The number of hydrogen-bond donors (Lipinski definition) is 0. The first-order valence-corrected chi connectivity index (χ1v) is 36.0. The van der Waals surface area contributed by atoms with E-state index < -0.39 is 0 Å². The third-order valence-corrected chi connectivity index (χ3v) is 20.5. The summed E-state index contributed by atoms with van der Waals surface area (Å²) in [6.07, 6.45) is 0. The number of para-hydroxylation sites is 2. The van der Waals surface area contributed by atoms with Crippen LogP contribution in [0, 0.1) is 0 Å². The van der Waals surface area contributed by atoms with Gasteiger partial charge in [0.2, 0.25) is 0 Å². The van der Waals surface area contributed by atoms with E-state index in [1.54, 1.807) is 0 Å². The summed E-state index contributed by atoms with van der Waals surface area (Å²) < 4.78 is 4.77. The minimum Gasteiger partial charge on any atom is -0.309 e. The molecule has 0 amide bonds. The van der Waals surface area contributed by atoms with Crippen LogP contribution in [0.5, 0.6) is 0 Å². The topological polar surface area (TPSA) is 61.4 Å². The minimum absolute atomic E-state index is 0.715. The Hall–Kier alpha value is -14.2. The predicted octanol–water partition coefficient (Wildman–Crippen LogP) is 26.1. The number of benzene rings is 16. The van der Waals surface area contributed by atoms with Gasteiger partial charge >= 0.3 is 0 Å². The Labute approximate surface area is 614 Å². The first-order valence-electron chi connectivity index (χ1n) is 36.0. The maximum Gasteiger partial charge on any atom is 0.160 e. The molecule has 0 aliphatic rings. The van der Waals surface area contributed by atoms with E-state index in [0.717, 1.165) is 67.5 Å². The van der Waals surface area contributed by atoms with E-state index in [-0.39, 0.29) is 0 Å². The Kier molecular flexibility index (Phi) is 16.2. The highest BCUT2D eigenvalue weighted by molar-refractivity contribution is 6.23. The highest BCUT2D eigenvalue weighted by Crippen LogP contribution is 2.42. The second-order valence-corrected chi connectivity index (χ2v) is 26.9. The lowest BCUT2D eigenvalue weighted by Gasteiger charge is -2.12. The maximum absolute atomic E-state index is 5.06. The SMILES string of the molecule is c1ccc(-c2ccc(-c3ccc4c(ccc5c4c4ccccc4n5-c4ccc(-c5cc(-c6ccccc6)nc(-c6ccccc6)n5)cc4)c3)cc2)cc1.c1ccc(-c2ccc(-c3ccc4ccc5c(c4c3)c3ccccc3n5-c3ccc(-c4cc(-c5ccccc5)nc(-c5ccccc5)n4)cc3)cc2)cc1. The number of fused-ring (bicyclic) bond motifs is 10. The van der Waals surface area contributed by atoms with Crippen molar-refractivity contribution in [1.82, 2.24) is 29.1 Å². The van der Waals surface area contributed by atoms with Crippen molar-refractivity contribution in [2.75, 3.05) is 0 Å². The van der Waals surface area contributed by atoms with Crippen molar-refractivity contribution in [2.24, 2.45) is 0 Å². The third kappa shape index (κ3) is 11.9. The average molecular weight is 1350 g/mol. The molecule has 0 spiro atoms. The fourth-order valence-corrected chi connectivity index (χ4v) is 15.2. The van der Waals surface area contributed by atoms with Gasteiger partial charge in [0.15, 0.2) is 11.6 Å². The zero-order valence-corrected chi connectivity index (χ0v) is 57.8. The van der Waals surface area contributed by atoms with Gasteiger partial charge in [-0.1, -0.05) is 328 Å². The molecule has 0 aliphatic carbocycles. The van der Waals surface area contributed by atoms with E-state index in [9.17, 15) is 0 Å². The fourth-order valence-electron chi connectivity index (χ4n) is 15.2. The number of aromatic nitrogens is 6. The zero-order valence-electron chi connectivity index (χ0n) is 57.8. The number of hydrogen-bond acceptors (Lipinski definition) is 4. The maximum atomic E-state index is 5.06. The summed E-state index contributed by atoms with van der Waals surface area (Å²) >= 11 is 0. The molecule has 4 heterocycles. The van der Waals surface area contributed by atoms with Crippen molar-refractivity contribution >= 4 is 65.2 Å². The minimum atomic E-state index is 0.715. The largest absolute Gasteiger partial charge is 0.309 e. The third-order valence-electron chi connectivity index (χ3n) is 20.5. The van der Waals surface area contributed by atoms with Crippen LogP contribution in [0.2, 0.25) is 0 Å². The van der Waals surface area contributed by atoms with Crippen molar-refractivity contribution in [2.45, 2.75) is 0 Å². The molecule has 0 N–H and O–H groups in total. The van der Waals surface area contributed by atoms with Gasteiger partial charge in [-0.15, -0.1) is 0 Å². The lowest BCUT2D eigenvalue weighted by molar-refractivity contribution is 1.17. The van der Waals surface area contributed by atoms with Gasteiger partial charge < -0.3 is 9.13 Å². The van der Waals surface area contributed by atoms with E-state index in [0.29, 0.717) is 11.6 Å². The van der Waals surface area contributed by atoms with E-state index in [1.807, 2.05) is 72.8 Å². The summed E-state index contributed by atoms with van der Waals surface area (Å²) in [4.78, 5) is 20.1. The monoisotopic (exact) mass is 1350 g/mol. The van der Waals surface area contributed by atoms with Gasteiger partial charge in [0.1, 0.15) is 0 Å². The summed E-state index contributed by atoms with van der Waals surface area (Å²) in [6, 6.07) is 142. The van der Waals surface area contributed by atoms with Gasteiger partial charge in [-0.25, -0.2) is 19.9 Å². The molecule has 0 saturated heterocycles. The lowest BCUT2D eigenvalue weighted by atomic mass is 9.96. The highest BCUT2D eigenvalue weighted by atomic mass is 15.0. The number of rotatable bonds is 12. The van der Waals surface area contributed by atoms with Gasteiger partial charge in [-0.3, -0.25) is 0 Å². The zero-order chi connectivity index (χ0) is 70.3. The van der Waals surface area contributed by atoms with Gasteiger partial charge in [0.05, 0.1) is 44.8 Å². The molecule has 0 radical (unpaired) electrons. The Morgan fingerprint density at radius 1 is 0.160 bits per heavy atom. The molecule has 4 aromatic heterocycles. The van der Waals surface area contributed by atoms with Crippen molar-refractivity contribution in [1.29, 1.82) is 0 Å². The fraction of sp³-hybridized carbons (Fsp3) is 0. The predicted molar refractivity (Wildman–Crippen MR) is 442 cm³/mol. The van der Waals surface area contributed by atoms with Crippen LogP contribution in [-0.4, -0.2) is 29.1 Å². The van der Waals surface area contributed by atoms with E-state index in [1.165, 1.54) is 110 Å². The summed E-state index contributed by atoms with van der Waals surface area (Å²) in [5, 5.41) is 9.98. The molecule has 0 unspecified atom stereocenters. The Balaban J connectivity index is 0.000000145. The Bertz CT molecular complexity index is 6480. The van der Waals surface area contributed by atoms with Crippen LogP contribution in [0.1, 0.15) is 0 Å². The van der Waals surface area contributed by atoms with Crippen molar-refractivity contribution in [3.05, 3.63) is 400 Å². The Morgan fingerprint density at radius 2 is 0.443 bits per heavy atom. The van der Waals surface area contributed by atoms with Crippen LogP contribution >= 0.6 is 0 Å². The van der Waals surface area contributed by atoms with E-state index in [4.69, 9.17) is 19.9 Å². The molecule has 0 atom stereocenters. The van der Waals surface area contributed by atoms with Crippen LogP contribution in [0.4, 0.5) is 0 Å². The first kappa shape index (κ1) is 62.8. The molecular formula is C100H66N6. The molecular weight excluding hydrogens is 1290 g/mol. The van der Waals surface area contributed by atoms with E-state index in [2.05, 4.69) is 337 Å². The van der Waals surface area contributed by atoms with Crippen molar-refractivity contribution in [3.8, 4) is 124 Å². The molecule has 106 heavy (non-hydrogen) atoms. The molecule has 0 aliphatic heterocycles. The van der Waals surface area contributed by atoms with Crippen LogP contribution < -0.4 is 0 Å². The second-order valence-electron chi connectivity index (χ2n) is 26.9. The molecule has 6 heteroatoms. The lowest BCUT2D eigenvalue weighted by Crippen LogP contribution is -1.97. The second kappa shape index (κ2) is 27.3. The normalized spacial score (nSPS) is 11.4.